The number of aromatic nitrogens is 2. The van der Waals surface area contributed by atoms with E-state index in [0.717, 1.165) is 16.5 Å². The van der Waals surface area contributed by atoms with Gasteiger partial charge in [-0.15, -0.1) is 0 Å². The predicted octanol–water partition coefficient (Wildman–Crippen LogP) is 4.49. The Hall–Kier alpha value is -4.27. The van der Waals surface area contributed by atoms with Crippen LogP contribution in [0.25, 0.3) is 16.6 Å². The average molecular weight is 503 g/mol. The Morgan fingerprint density at radius 3 is 2.57 bits per heavy atom. The van der Waals surface area contributed by atoms with Gasteiger partial charge in [0.25, 0.3) is 0 Å². The van der Waals surface area contributed by atoms with Crippen LogP contribution in [0.15, 0.2) is 72.9 Å². The zero-order chi connectivity index (χ0) is 25.7. The molecule has 6 rings (SSSR count). The molecule has 9 heteroatoms. The fourth-order valence-corrected chi connectivity index (χ4v) is 5.06. The van der Waals surface area contributed by atoms with Crippen LogP contribution >= 0.6 is 0 Å². The first-order chi connectivity index (χ1) is 17.9. The molecule has 2 heterocycles. The van der Waals surface area contributed by atoms with Crippen LogP contribution in [0.1, 0.15) is 24.4 Å². The molecule has 3 aromatic carbocycles. The van der Waals surface area contributed by atoms with E-state index in [1.54, 1.807) is 35.0 Å². The zero-order valence-electron chi connectivity index (χ0n) is 20.0. The molecule has 1 saturated heterocycles. The van der Waals surface area contributed by atoms with Gasteiger partial charge in [0.15, 0.2) is 0 Å². The molecule has 7 nitrogen and oxygen atoms in total. The van der Waals surface area contributed by atoms with E-state index in [0.29, 0.717) is 17.1 Å². The molecule has 188 valence electrons. The average Bonchev–Trinajstić information content (AvgIpc) is 3.35. The largest absolute Gasteiger partial charge is 0.497 e. The summed E-state index contributed by atoms with van der Waals surface area (Å²) < 4.78 is 34.0. The summed E-state index contributed by atoms with van der Waals surface area (Å²) in [7, 11) is 1.57. The standard InChI is InChI=1S/C28H24F2N4O3/c1-37-21-4-2-3-16(12-21)27-24(32-28(36)22-13-23(22)30)14-26(35)33(27)20-9-10-25-17(11-20)15-31-34(25)19-7-5-18(29)6-8-19/h2-12,15,22-24,27H,13-14H2,1H3,(H,32,36)/t22-,23+,24-,27?/m0/s1. The summed E-state index contributed by atoms with van der Waals surface area (Å²) in [4.78, 5) is 27.7. The first-order valence-corrected chi connectivity index (χ1v) is 12.1. The number of methoxy groups -OCH3 is 1. The highest BCUT2D eigenvalue weighted by molar-refractivity contribution is 6.00. The molecule has 0 radical (unpaired) electrons. The van der Waals surface area contributed by atoms with Crippen molar-refractivity contribution in [3.05, 3.63) is 84.3 Å². The van der Waals surface area contributed by atoms with Crippen LogP contribution in [0.5, 0.6) is 5.75 Å². The molecule has 1 saturated carbocycles. The van der Waals surface area contributed by atoms with Crippen LogP contribution in [0, 0.1) is 11.7 Å². The second-order valence-electron chi connectivity index (χ2n) is 9.44. The number of hydrogen-bond donors (Lipinski definition) is 1. The van der Waals surface area contributed by atoms with Gasteiger partial charge in [-0.1, -0.05) is 12.1 Å². The highest BCUT2D eigenvalue weighted by atomic mass is 19.1. The predicted molar refractivity (Wildman–Crippen MR) is 134 cm³/mol. The molecule has 2 aliphatic rings. The smallest absolute Gasteiger partial charge is 0.229 e. The van der Waals surface area contributed by atoms with Gasteiger partial charge < -0.3 is 15.0 Å². The first kappa shape index (κ1) is 23.1. The summed E-state index contributed by atoms with van der Waals surface area (Å²) in [5, 5.41) is 8.17. The molecule has 1 unspecified atom stereocenters. The number of hydrogen-bond acceptors (Lipinski definition) is 4. The fourth-order valence-electron chi connectivity index (χ4n) is 5.06. The summed E-state index contributed by atoms with van der Waals surface area (Å²) in [5.41, 5.74) is 2.96. The van der Waals surface area contributed by atoms with E-state index in [4.69, 9.17) is 4.74 Å². The van der Waals surface area contributed by atoms with E-state index >= 15 is 0 Å². The maximum Gasteiger partial charge on any atom is 0.229 e. The molecular weight excluding hydrogens is 478 g/mol. The van der Waals surface area contributed by atoms with E-state index in [1.807, 2.05) is 42.5 Å². The Kier molecular flexibility index (Phi) is 5.62. The second-order valence-corrected chi connectivity index (χ2v) is 9.44. The van der Waals surface area contributed by atoms with Gasteiger partial charge in [-0.05, 0) is 66.6 Å². The third-order valence-corrected chi connectivity index (χ3v) is 7.04. The van der Waals surface area contributed by atoms with Gasteiger partial charge in [-0.2, -0.15) is 5.10 Å². The summed E-state index contributed by atoms with van der Waals surface area (Å²) in [6.07, 6.45) is 0.874. The number of rotatable bonds is 6. The molecule has 1 aromatic heterocycles. The molecule has 1 aliphatic carbocycles. The number of anilines is 1. The SMILES string of the molecule is COc1cccc(C2[C@@H](NC(=O)[C@H]3C[C@H]3F)CC(=O)N2c2ccc3c(cnn3-c3ccc(F)cc3)c2)c1. The van der Waals surface area contributed by atoms with Gasteiger partial charge in [0.05, 0.1) is 42.5 Å². The van der Waals surface area contributed by atoms with E-state index in [-0.39, 0.29) is 30.5 Å². The molecule has 37 heavy (non-hydrogen) atoms. The van der Waals surface area contributed by atoms with Gasteiger partial charge in [-0.3, -0.25) is 9.59 Å². The van der Waals surface area contributed by atoms with Crippen molar-refractivity contribution in [2.75, 3.05) is 12.0 Å². The van der Waals surface area contributed by atoms with Crippen LogP contribution in [0.4, 0.5) is 14.5 Å². The number of carbonyl (C=O) groups is 2. The van der Waals surface area contributed by atoms with Gasteiger partial charge in [0.2, 0.25) is 11.8 Å². The summed E-state index contributed by atoms with van der Waals surface area (Å²) >= 11 is 0. The van der Waals surface area contributed by atoms with Gasteiger partial charge in [0.1, 0.15) is 17.7 Å². The van der Waals surface area contributed by atoms with Gasteiger partial charge >= 0.3 is 0 Å². The van der Waals surface area contributed by atoms with Crippen molar-refractivity contribution in [3.63, 3.8) is 0 Å². The number of ether oxygens (including phenoxy) is 1. The van der Waals surface area contributed by atoms with Crippen molar-refractivity contribution in [2.24, 2.45) is 5.92 Å². The highest BCUT2D eigenvalue weighted by Gasteiger charge is 2.48. The minimum absolute atomic E-state index is 0.0875. The molecule has 1 N–H and O–H groups in total. The molecule has 4 aromatic rings. The molecule has 2 amide bonds. The maximum absolute atomic E-state index is 13.5. The Balaban J connectivity index is 1.38. The van der Waals surface area contributed by atoms with Crippen molar-refractivity contribution in [3.8, 4) is 11.4 Å². The Bertz CT molecular complexity index is 1500. The number of nitrogens with one attached hydrogen (secondary N) is 1. The first-order valence-electron chi connectivity index (χ1n) is 12.1. The number of halogens is 2. The minimum Gasteiger partial charge on any atom is -0.497 e. The second kappa shape index (κ2) is 8.99. The maximum atomic E-state index is 13.5. The van der Waals surface area contributed by atoms with Crippen LogP contribution in [0.3, 0.4) is 0 Å². The number of nitrogens with zero attached hydrogens (tertiary/aromatic N) is 3. The summed E-state index contributed by atoms with van der Waals surface area (Å²) in [6.45, 7) is 0. The van der Waals surface area contributed by atoms with E-state index in [1.165, 1.54) is 12.1 Å². The molecule has 0 bridgehead atoms. The Morgan fingerprint density at radius 1 is 1.08 bits per heavy atom. The highest BCUT2D eigenvalue weighted by Crippen LogP contribution is 2.41. The lowest BCUT2D eigenvalue weighted by atomic mass is 9.99. The molecule has 0 spiro atoms. The van der Waals surface area contributed by atoms with Crippen molar-refractivity contribution in [1.82, 2.24) is 15.1 Å². The topological polar surface area (TPSA) is 76.5 Å². The van der Waals surface area contributed by atoms with Crippen molar-refractivity contribution in [2.45, 2.75) is 31.1 Å². The van der Waals surface area contributed by atoms with Crippen LogP contribution in [0.2, 0.25) is 0 Å². The van der Waals surface area contributed by atoms with Crippen molar-refractivity contribution in [1.29, 1.82) is 0 Å². The number of carbonyl (C=O) groups excluding carboxylic acids is 2. The summed E-state index contributed by atoms with van der Waals surface area (Å²) in [6, 6.07) is 17.9. The number of alkyl halides is 1. The van der Waals surface area contributed by atoms with Crippen LogP contribution in [-0.2, 0) is 9.59 Å². The zero-order valence-corrected chi connectivity index (χ0v) is 20.0. The summed E-state index contributed by atoms with van der Waals surface area (Å²) in [5.74, 6) is -0.872. The van der Waals surface area contributed by atoms with Crippen LogP contribution < -0.4 is 15.0 Å². The number of benzene rings is 3. The Morgan fingerprint density at radius 2 is 1.84 bits per heavy atom. The number of amides is 2. The lowest BCUT2D eigenvalue weighted by Crippen LogP contribution is -2.41. The monoisotopic (exact) mass is 502 g/mol. The fraction of sp³-hybridized carbons (Fsp3) is 0.250. The van der Waals surface area contributed by atoms with E-state index < -0.39 is 24.2 Å². The van der Waals surface area contributed by atoms with Crippen molar-refractivity contribution >= 4 is 28.4 Å². The van der Waals surface area contributed by atoms with E-state index in [2.05, 4.69) is 10.4 Å². The number of fused-ring (bicyclic) bond motifs is 1. The quantitative estimate of drug-likeness (QED) is 0.422. The molecule has 2 fully saturated rings. The van der Waals surface area contributed by atoms with E-state index in [9.17, 15) is 18.4 Å². The van der Waals surface area contributed by atoms with Crippen LogP contribution in [-0.4, -0.2) is 40.9 Å². The van der Waals surface area contributed by atoms with Gasteiger partial charge in [-0.25, -0.2) is 13.5 Å². The molecular formula is C28H24F2N4O3. The lowest BCUT2D eigenvalue weighted by Gasteiger charge is -2.29. The third kappa shape index (κ3) is 4.20. The molecule has 4 atom stereocenters. The van der Waals surface area contributed by atoms with Gasteiger partial charge in [0, 0.05) is 17.5 Å². The third-order valence-electron chi connectivity index (χ3n) is 7.04. The Labute approximate surface area is 211 Å². The lowest BCUT2D eigenvalue weighted by molar-refractivity contribution is -0.123. The van der Waals surface area contributed by atoms with Crippen molar-refractivity contribution < 1.29 is 23.1 Å². The minimum atomic E-state index is -1.12. The normalized spacial score (nSPS) is 22.9. The molecule has 1 aliphatic heterocycles.